The highest BCUT2D eigenvalue weighted by Crippen LogP contribution is 2.38. The van der Waals surface area contributed by atoms with Crippen molar-refractivity contribution in [3.63, 3.8) is 0 Å². The monoisotopic (exact) mass is 270 g/mol. The number of carbonyl (C=O) groups is 1. The summed E-state index contributed by atoms with van der Waals surface area (Å²) in [5.41, 5.74) is 3.02. The molecule has 0 saturated carbocycles. The van der Waals surface area contributed by atoms with Crippen LogP contribution < -0.4 is 0 Å². The van der Waals surface area contributed by atoms with Gasteiger partial charge in [0.1, 0.15) is 0 Å². The molecular formula is C16H14O2S. The molecule has 1 heterocycles. The molecule has 0 fully saturated rings. The van der Waals surface area contributed by atoms with E-state index in [2.05, 4.69) is 25.1 Å². The third-order valence-corrected chi connectivity index (χ3v) is 4.89. The fraction of sp³-hybridized carbons (Fsp3) is 0.188. The average molecular weight is 270 g/mol. The second-order valence-electron chi connectivity index (χ2n) is 4.72. The largest absolute Gasteiger partial charge is 0.465 e. The molecule has 2 aromatic carbocycles. The first-order chi connectivity index (χ1) is 9.11. The van der Waals surface area contributed by atoms with Crippen LogP contribution in [0.3, 0.4) is 0 Å². The van der Waals surface area contributed by atoms with E-state index in [1.54, 1.807) is 11.3 Å². The minimum atomic E-state index is -0.281. The van der Waals surface area contributed by atoms with Gasteiger partial charge in [0.05, 0.1) is 12.7 Å². The molecule has 3 heteroatoms. The Kier molecular flexibility index (Phi) is 2.79. The molecule has 3 rings (SSSR count). The van der Waals surface area contributed by atoms with Gasteiger partial charge in [-0.25, -0.2) is 4.79 Å². The van der Waals surface area contributed by atoms with E-state index < -0.39 is 0 Å². The Hall–Kier alpha value is -1.87. The minimum absolute atomic E-state index is 0.281. The number of benzene rings is 2. The zero-order valence-electron chi connectivity index (χ0n) is 11.1. The van der Waals surface area contributed by atoms with Crippen LogP contribution in [0.4, 0.5) is 0 Å². The van der Waals surface area contributed by atoms with Crippen LogP contribution in [0.1, 0.15) is 21.5 Å². The van der Waals surface area contributed by atoms with Crippen molar-refractivity contribution in [2.24, 2.45) is 0 Å². The first-order valence-electron chi connectivity index (χ1n) is 6.12. The molecule has 0 atom stereocenters. The van der Waals surface area contributed by atoms with E-state index in [1.807, 2.05) is 19.1 Å². The summed E-state index contributed by atoms with van der Waals surface area (Å²) in [5, 5.41) is 2.36. The Balaban J connectivity index is 2.43. The Bertz CT molecular complexity index is 799. The van der Waals surface area contributed by atoms with Crippen LogP contribution in [-0.2, 0) is 4.74 Å². The van der Waals surface area contributed by atoms with Gasteiger partial charge < -0.3 is 4.74 Å². The van der Waals surface area contributed by atoms with Crippen molar-refractivity contribution in [3.8, 4) is 0 Å². The molecule has 0 aliphatic heterocycles. The third-order valence-electron chi connectivity index (χ3n) is 3.40. The number of methoxy groups -OCH3 is 1. The zero-order chi connectivity index (χ0) is 13.6. The van der Waals surface area contributed by atoms with Gasteiger partial charge in [0.15, 0.2) is 0 Å². The summed E-state index contributed by atoms with van der Waals surface area (Å²) in [6, 6.07) is 10.1. The molecule has 3 aromatic rings. The molecule has 0 aliphatic carbocycles. The fourth-order valence-electron chi connectivity index (χ4n) is 2.45. The van der Waals surface area contributed by atoms with Gasteiger partial charge in [-0.2, -0.15) is 0 Å². The van der Waals surface area contributed by atoms with E-state index in [9.17, 15) is 4.79 Å². The van der Waals surface area contributed by atoms with E-state index in [4.69, 9.17) is 4.74 Å². The summed E-state index contributed by atoms with van der Waals surface area (Å²) < 4.78 is 7.36. The molecule has 1 aromatic heterocycles. The number of hydrogen-bond acceptors (Lipinski definition) is 3. The number of esters is 1. The van der Waals surface area contributed by atoms with Crippen LogP contribution in [0.2, 0.25) is 0 Å². The van der Waals surface area contributed by atoms with Crippen LogP contribution in [0, 0.1) is 13.8 Å². The second-order valence-corrected chi connectivity index (χ2v) is 5.74. The van der Waals surface area contributed by atoms with Crippen molar-refractivity contribution in [2.75, 3.05) is 7.11 Å². The van der Waals surface area contributed by atoms with Gasteiger partial charge in [0.25, 0.3) is 0 Å². The molecule has 19 heavy (non-hydrogen) atoms. The number of thiophene rings is 1. The smallest absolute Gasteiger partial charge is 0.337 e. The summed E-state index contributed by atoms with van der Waals surface area (Å²) in [7, 11) is 1.41. The third kappa shape index (κ3) is 1.81. The molecule has 0 bridgehead atoms. The predicted octanol–water partition coefficient (Wildman–Crippen LogP) is 4.46. The Morgan fingerprint density at radius 1 is 1.05 bits per heavy atom. The highest BCUT2D eigenvalue weighted by Gasteiger charge is 2.13. The molecule has 0 aliphatic rings. The quantitative estimate of drug-likeness (QED) is 0.610. The maximum atomic E-state index is 11.7. The molecule has 0 N–H and O–H groups in total. The van der Waals surface area contributed by atoms with E-state index >= 15 is 0 Å². The van der Waals surface area contributed by atoms with Crippen LogP contribution >= 0.6 is 11.3 Å². The van der Waals surface area contributed by atoms with Gasteiger partial charge >= 0.3 is 5.97 Å². The predicted molar refractivity (Wildman–Crippen MR) is 80.1 cm³/mol. The standard InChI is InChI=1S/C16H14O2S/c1-9-5-4-6-12-13-8-11(16(17)18-3)7-10(2)15(13)19-14(9)12/h4-8H,1-3H3. The lowest BCUT2D eigenvalue weighted by atomic mass is 10.0. The van der Waals surface area contributed by atoms with Crippen molar-refractivity contribution in [1.29, 1.82) is 0 Å². The van der Waals surface area contributed by atoms with Crippen molar-refractivity contribution >= 4 is 37.5 Å². The molecule has 96 valence electrons. The van der Waals surface area contributed by atoms with Crippen molar-refractivity contribution < 1.29 is 9.53 Å². The lowest BCUT2D eigenvalue weighted by Crippen LogP contribution is -2.01. The van der Waals surface area contributed by atoms with E-state index in [-0.39, 0.29) is 5.97 Å². The van der Waals surface area contributed by atoms with Crippen molar-refractivity contribution in [2.45, 2.75) is 13.8 Å². The van der Waals surface area contributed by atoms with Gasteiger partial charge in [-0.05, 0) is 37.1 Å². The summed E-state index contributed by atoms with van der Waals surface area (Å²) in [5.74, 6) is -0.281. The van der Waals surface area contributed by atoms with E-state index in [0.29, 0.717) is 5.56 Å². The van der Waals surface area contributed by atoms with Crippen LogP contribution in [-0.4, -0.2) is 13.1 Å². The van der Waals surface area contributed by atoms with Crippen LogP contribution in [0.25, 0.3) is 20.2 Å². The summed E-state index contributed by atoms with van der Waals surface area (Å²) in [6.07, 6.45) is 0. The van der Waals surface area contributed by atoms with Gasteiger partial charge in [-0.1, -0.05) is 18.2 Å². The Morgan fingerprint density at radius 3 is 2.53 bits per heavy atom. The molecule has 0 saturated heterocycles. The molecule has 0 amide bonds. The normalized spacial score (nSPS) is 11.1. The van der Waals surface area contributed by atoms with Crippen molar-refractivity contribution in [3.05, 3.63) is 47.0 Å². The molecular weight excluding hydrogens is 256 g/mol. The number of hydrogen-bond donors (Lipinski definition) is 0. The Labute approximate surface area is 115 Å². The summed E-state index contributed by atoms with van der Waals surface area (Å²) in [4.78, 5) is 11.7. The highest BCUT2D eigenvalue weighted by molar-refractivity contribution is 7.26. The zero-order valence-corrected chi connectivity index (χ0v) is 11.9. The number of carbonyl (C=O) groups excluding carboxylic acids is 1. The number of rotatable bonds is 1. The molecule has 0 spiro atoms. The lowest BCUT2D eigenvalue weighted by molar-refractivity contribution is 0.0601. The summed E-state index contributed by atoms with van der Waals surface area (Å²) >= 11 is 1.79. The first-order valence-corrected chi connectivity index (χ1v) is 6.94. The van der Waals surface area contributed by atoms with Gasteiger partial charge in [-0.3, -0.25) is 0 Å². The molecule has 0 radical (unpaired) electrons. The van der Waals surface area contributed by atoms with E-state index in [1.165, 1.54) is 27.5 Å². The topological polar surface area (TPSA) is 26.3 Å². The highest BCUT2D eigenvalue weighted by atomic mass is 32.1. The SMILES string of the molecule is COC(=O)c1cc(C)c2sc3c(C)cccc3c2c1. The van der Waals surface area contributed by atoms with Gasteiger partial charge in [-0.15, -0.1) is 11.3 Å². The number of ether oxygens (including phenoxy) is 1. The lowest BCUT2D eigenvalue weighted by Gasteiger charge is -2.02. The molecule has 2 nitrogen and oxygen atoms in total. The second kappa shape index (κ2) is 4.35. The molecule has 0 unspecified atom stereocenters. The van der Waals surface area contributed by atoms with Crippen molar-refractivity contribution in [1.82, 2.24) is 0 Å². The average Bonchev–Trinajstić information content (AvgIpc) is 2.79. The van der Waals surface area contributed by atoms with Crippen LogP contribution in [0.5, 0.6) is 0 Å². The van der Waals surface area contributed by atoms with E-state index in [0.717, 1.165) is 10.9 Å². The number of aryl methyl sites for hydroxylation is 2. The van der Waals surface area contributed by atoms with Gasteiger partial charge in [0, 0.05) is 20.2 Å². The fourth-order valence-corrected chi connectivity index (χ4v) is 3.67. The maximum Gasteiger partial charge on any atom is 0.337 e. The Morgan fingerprint density at radius 2 is 1.79 bits per heavy atom. The maximum absolute atomic E-state index is 11.7. The van der Waals surface area contributed by atoms with Gasteiger partial charge in [0.2, 0.25) is 0 Å². The minimum Gasteiger partial charge on any atom is -0.465 e. The van der Waals surface area contributed by atoms with Crippen LogP contribution in [0.15, 0.2) is 30.3 Å². The first kappa shape index (κ1) is 12.2. The summed E-state index contributed by atoms with van der Waals surface area (Å²) in [6.45, 7) is 4.16. The number of fused-ring (bicyclic) bond motifs is 3.